The Kier molecular flexibility index (Phi) is 6.18. The molecule has 11 rings (SSSR count). The minimum absolute atomic E-state index is 0.108. The van der Waals surface area contributed by atoms with E-state index in [4.69, 9.17) is 11.5 Å². The number of aliphatic imine (C=N–C) groups is 2. The van der Waals surface area contributed by atoms with Crippen LogP contribution in [0.3, 0.4) is 0 Å². The van der Waals surface area contributed by atoms with Crippen molar-refractivity contribution < 1.29 is 52.7 Å². The monoisotopic (exact) mass is 796 g/mol. The van der Waals surface area contributed by atoms with E-state index < -0.39 is 109 Å². The second-order valence-corrected chi connectivity index (χ2v) is 13.4. The predicted molar refractivity (Wildman–Crippen MR) is 179 cm³/mol. The zero-order valence-electron chi connectivity index (χ0n) is 26.6. The number of amidine groups is 2. The fraction of sp³-hybridized carbons (Fsp3) is 0. The van der Waals surface area contributed by atoms with Gasteiger partial charge in [-0.2, -0.15) is 0 Å². The molecule has 0 atom stereocenters. The summed E-state index contributed by atoms with van der Waals surface area (Å²) in [4.78, 5) is 18.2. The molecule has 2 aromatic heterocycles. The summed E-state index contributed by atoms with van der Waals surface area (Å²) in [6, 6.07) is 5.53. The summed E-state index contributed by atoms with van der Waals surface area (Å²) in [6.45, 7) is 0. The van der Waals surface area contributed by atoms with Crippen LogP contribution in [-0.2, 0) is 0 Å². The molecule has 0 aliphatic carbocycles. The van der Waals surface area contributed by atoms with Gasteiger partial charge < -0.3 is 8.96 Å². The Bertz CT molecular complexity index is 3540. The van der Waals surface area contributed by atoms with Gasteiger partial charge in [0.15, 0.2) is 81.5 Å². The van der Waals surface area contributed by atoms with E-state index in [-0.39, 0.29) is 67.0 Å². The molecule has 8 aromatic rings. The highest BCUT2D eigenvalue weighted by atomic mass is 35.5. The van der Waals surface area contributed by atoms with Crippen molar-refractivity contribution in [3.63, 3.8) is 0 Å². The van der Waals surface area contributed by atoms with Crippen LogP contribution in [0.5, 0.6) is 0 Å². The first-order chi connectivity index (χ1) is 26.7. The molecule has 274 valence electrons. The van der Waals surface area contributed by atoms with E-state index in [2.05, 4.69) is 20.0 Å². The molecule has 0 fully saturated rings. The fourth-order valence-electron chi connectivity index (χ4n) is 7.67. The number of halogens is 13. The van der Waals surface area contributed by atoms with Gasteiger partial charge in [0.25, 0.3) is 0 Å². The van der Waals surface area contributed by atoms with Crippen LogP contribution in [0.25, 0.3) is 53.9 Å². The lowest BCUT2D eigenvalue weighted by Crippen LogP contribution is -2.44. The van der Waals surface area contributed by atoms with Crippen LogP contribution in [0.1, 0.15) is 11.1 Å². The van der Waals surface area contributed by atoms with E-state index in [9.17, 15) is 26.3 Å². The molecule has 6 aromatic carbocycles. The van der Waals surface area contributed by atoms with Crippen LogP contribution in [-0.4, -0.2) is 27.0 Å². The van der Waals surface area contributed by atoms with Crippen LogP contribution >= 0.6 is 11.5 Å². The number of hydrogen-bond donors (Lipinski definition) is 0. The van der Waals surface area contributed by atoms with Gasteiger partial charge in [-0.15, -0.1) is 11.5 Å². The molecule has 0 spiro atoms. The predicted octanol–water partition coefficient (Wildman–Crippen LogP) is 9.08. The maximum absolute atomic E-state index is 15.2. The minimum atomic E-state index is -2.12. The van der Waals surface area contributed by atoms with Crippen molar-refractivity contribution in [1.29, 1.82) is 0 Å². The number of hydrogen-bond acceptors (Lipinski definition) is 4. The summed E-state index contributed by atoms with van der Waals surface area (Å²) in [5.74, 6) is -24.5. The summed E-state index contributed by atoms with van der Waals surface area (Å²) >= 11 is 7.13. The van der Waals surface area contributed by atoms with E-state index in [1.54, 1.807) is 0 Å². The molecule has 20 heteroatoms. The second-order valence-electron chi connectivity index (χ2n) is 13.0. The Labute approximate surface area is 304 Å². The highest BCUT2D eigenvalue weighted by Gasteiger charge is 2.38. The van der Waals surface area contributed by atoms with Gasteiger partial charge in [-0.05, 0) is 36.4 Å². The Balaban J connectivity index is 1.38. The Morgan fingerprint density at radius 3 is 1.07 bits per heavy atom. The Hall–Kier alpha value is -6.37. The molecule has 3 aliphatic rings. The van der Waals surface area contributed by atoms with Crippen LogP contribution in [0.2, 0.25) is 0 Å². The van der Waals surface area contributed by atoms with Crippen molar-refractivity contribution in [2.24, 2.45) is 20.0 Å². The molecule has 0 saturated heterocycles. The van der Waals surface area contributed by atoms with E-state index >= 15 is 26.3 Å². The highest BCUT2D eigenvalue weighted by Crippen LogP contribution is 2.45. The first kappa shape index (κ1) is 33.0. The summed E-state index contributed by atoms with van der Waals surface area (Å²) < 4.78 is 180. The van der Waals surface area contributed by atoms with E-state index in [1.807, 2.05) is 0 Å². The van der Waals surface area contributed by atoms with Crippen molar-refractivity contribution in [2.45, 2.75) is 0 Å². The van der Waals surface area contributed by atoms with Gasteiger partial charge in [-0.1, -0.05) is 0 Å². The topological polar surface area (TPSA) is 59.3 Å². The molecule has 3 aliphatic heterocycles. The zero-order valence-corrected chi connectivity index (χ0v) is 27.4. The number of fused-ring (bicyclic) bond motifs is 13. The normalized spacial score (nSPS) is 14.3. The third kappa shape index (κ3) is 3.78. The molecule has 5 heterocycles. The van der Waals surface area contributed by atoms with E-state index in [0.717, 1.165) is 36.4 Å². The van der Waals surface area contributed by atoms with Crippen LogP contribution in [0.4, 0.5) is 64.3 Å². The zero-order chi connectivity index (χ0) is 39.1. The Morgan fingerprint density at radius 1 is 0.339 bits per heavy atom. The fourth-order valence-corrected chi connectivity index (χ4v) is 8.04. The summed E-state index contributed by atoms with van der Waals surface area (Å²) in [5.41, 5.74) is -0.779. The van der Waals surface area contributed by atoms with E-state index in [0.29, 0.717) is 0 Å². The molecule has 0 saturated carbocycles. The number of nitrogens with zero attached hydrogens (tertiary/aromatic N) is 6. The van der Waals surface area contributed by atoms with Gasteiger partial charge in [-0.3, -0.25) is 0 Å². The molecule has 6 nitrogen and oxygen atoms in total. The summed E-state index contributed by atoms with van der Waals surface area (Å²) in [5, 5.41) is -4.92. The van der Waals surface area contributed by atoms with Gasteiger partial charge >= 0.3 is 6.40 Å². The molecule has 0 amide bonds. The van der Waals surface area contributed by atoms with Crippen molar-refractivity contribution in [3.05, 3.63) is 128 Å². The SMILES string of the molecule is Fc1c(F)c(F)c2cc3c(cc2c1F)C1=NC3=Nc2c3cc4c(F)c(F)c(F)c(F)c4cc3c3n2B(Cl)n2c(c4cc5c(F)c(F)c(F)c(F)c5cc4c2=N3)=N1. The molecule has 0 unspecified atom stereocenters. The summed E-state index contributed by atoms with van der Waals surface area (Å²) in [7, 11) is 0. The highest BCUT2D eigenvalue weighted by molar-refractivity contribution is 7.05. The molecular weight excluding hydrogens is 791 g/mol. The minimum Gasteiger partial charge on any atom is -0.319 e. The molecule has 4 bridgehead atoms. The standard InChI is InChI=1S/C36H6BClF12N6/c38-37-55-33-15-3-9-11(23(43)29(49)27(47)21(9)41)5-17(15)35(55)54-36-18-6-12-10(22(42)28(48)30(50)24(12)44)4-16(18)34(56(36)37)53-32-14-2-8-7(1-13(14)31(51-32)52-33)19(39)25(45)26(46)20(8)40/h1-6H. The van der Waals surface area contributed by atoms with Gasteiger partial charge in [0.05, 0.1) is 0 Å². The third-order valence-corrected chi connectivity index (χ3v) is 10.6. The second kappa shape index (κ2) is 10.5. The average molecular weight is 797 g/mol. The van der Waals surface area contributed by atoms with Crippen molar-refractivity contribution in [3.8, 4) is 0 Å². The smallest absolute Gasteiger partial charge is 0.319 e. The van der Waals surface area contributed by atoms with Gasteiger partial charge in [-0.25, -0.2) is 72.7 Å². The lowest BCUT2D eigenvalue weighted by Gasteiger charge is -2.18. The van der Waals surface area contributed by atoms with Gasteiger partial charge in [0.2, 0.25) is 0 Å². The maximum Gasteiger partial charge on any atom is 0.499 e. The van der Waals surface area contributed by atoms with Crippen molar-refractivity contribution in [2.75, 3.05) is 0 Å². The molecule has 0 N–H and O–H groups in total. The van der Waals surface area contributed by atoms with Crippen LogP contribution in [0, 0.1) is 69.8 Å². The quantitative estimate of drug-likeness (QED) is 0.0637. The number of aromatic nitrogens is 2. The first-order valence-corrected chi connectivity index (χ1v) is 16.3. The maximum atomic E-state index is 15.2. The summed E-state index contributed by atoms with van der Waals surface area (Å²) in [6.07, 6.45) is -1.56. The molecule has 56 heavy (non-hydrogen) atoms. The third-order valence-electron chi connectivity index (χ3n) is 10.3. The first-order valence-electron chi connectivity index (χ1n) is 15.9. The molecule has 0 radical (unpaired) electrons. The number of benzene rings is 6. The van der Waals surface area contributed by atoms with Crippen molar-refractivity contribution >= 4 is 95.0 Å². The molecular formula is C36H6BClF12N6. The van der Waals surface area contributed by atoms with Gasteiger partial charge in [0, 0.05) is 65.0 Å². The lowest BCUT2D eigenvalue weighted by atomic mass is 10.00. The van der Waals surface area contributed by atoms with Crippen molar-refractivity contribution in [1.82, 2.24) is 8.96 Å². The average Bonchev–Trinajstić information content (AvgIpc) is 3.81. The largest absolute Gasteiger partial charge is 0.499 e. The van der Waals surface area contributed by atoms with Crippen LogP contribution < -0.4 is 11.0 Å². The lowest BCUT2D eigenvalue weighted by molar-refractivity contribution is 0.418. The van der Waals surface area contributed by atoms with E-state index in [1.165, 1.54) is 8.96 Å². The van der Waals surface area contributed by atoms with Crippen LogP contribution in [0.15, 0.2) is 56.4 Å². The number of rotatable bonds is 0. The Morgan fingerprint density at radius 2 is 0.661 bits per heavy atom. The van der Waals surface area contributed by atoms with Gasteiger partial charge in [0.1, 0.15) is 22.6 Å².